The van der Waals surface area contributed by atoms with Crippen LogP contribution < -0.4 is 67.6 Å². The Bertz CT molecular complexity index is 4510. The molecule has 38 nitrogen and oxygen atoms in total. The molecule has 1 aromatic heterocycles. The van der Waals surface area contributed by atoms with E-state index in [0.29, 0.717) is 0 Å². The number of aromatic nitrogens is 1. The molecule has 19 atom stereocenters. The first-order valence-electron chi connectivity index (χ1n) is 33.7. The maximum absolute atomic E-state index is 16.0. The number of nitrogens with zero attached hydrogens (tertiary/aromatic N) is 1. The molecule has 41 heteroatoms. The number of aliphatic carboxylic acids is 1. The van der Waals surface area contributed by atoms with Gasteiger partial charge in [-0.15, -0.1) is 0 Å². The Morgan fingerprint density at radius 2 is 1.38 bits per heavy atom. The number of nitrogens with one attached hydrogen (secondary N) is 8. The second-order valence-corrected chi connectivity index (χ2v) is 28.4. The van der Waals surface area contributed by atoms with E-state index < -0.39 is 248 Å². The minimum absolute atomic E-state index is 0.0247. The van der Waals surface area contributed by atoms with Gasteiger partial charge in [0.1, 0.15) is 95.7 Å². The van der Waals surface area contributed by atoms with Gasteiger partial charge in [-0.05, 0) is 110 Å². The number of phenolic OH excluding ortho intramolecular Hbond substituents is 3. The Balaban J connectivity index is 0.00000133. The van der Waals surface area contributed by atoms with E-state index in [4.69, 9.17) is 63.1 Å². The van der Waals surface area contributed by atoms with Gasteiger partial charge in [-0.1, -0.05) is 55.2 Å². The number of nitrogens with two attached hydrogens (primary N) is 2. The summed E-state index contributed by atoms with van der Waals surface area (Å²) in [6, 6.07) is -0.703. The number of carboxylic acid groups (broad SMARTS) is 1. The maximum Gasteiger partial charge on any atom is 0.330 e. The molecule has 0 aliphatic carbocycles. The van der Waals surface area contributed by atoms with Crippen LogP contribution in [-0.4, -0.2) is 205 Å². The van der Waals surface area contributed by atoms with Crippen molar-refractivity contribution < 1.29 is 131 Å². The average molecular weight is 1600 g/mol. The summed E-state index contributed by atoms with van der Waals surface area (Å²) in [5, 5.41) is 131. The van der Waals surface area contributed by atoms with Gasteiger partial charge in [-0.2, -0.15) is 0 Å². The predicted octanol–water partition coefficient (Wildman–Crippen LogP) is -0.0132. The van der Waals surface area contributed by atoms with E-state index in [1.54, 1.807) is 0 Å². The lowest BCUT2D eigenvalue weighted by Gasteiger charge is -2.47. The third-order valence-corrected chi connectivity index (χ3v) is 19.3. The van der Waals surface area contributed by atoms with E-state index >= 15 is 14.4 Å². The van der Waals surface area contributed by atoms with E-state index in [-0.39, 0.29) is 52.2 Å². The number of phenols is 3. The SMILES string of the molecule is CN[C@H](CC(C)C)C(=O)N[C@H]1C(=O)N[C@@H](CC(N)=O)C(=O)N[C@H]2C(=O)N[C@H]3C(=O)N[C@H](C(=O)N[C@H](C(=O)O)c4cc(O)cc(O)c4-c4cc3ccc4O)[C@H](O)c3ccc(c(Cl)c3)Oc3cc2cc(c3O[C@@H]2O[C@H](CO)[C@@H](O)[C@H](O)[C@H]2O[C@H]2C[C@](C)(N)[C@H](O)[C@H](C)O2)Oc2ccc(cc2Cl)[C@H]1O.O=S([O-])Nc1ncco1. The molecule has 22 N–H and O–H groups in total. The molecular weight excluding hydrogens is 1520 g/mol. The fourth-order valence-corrected chi connectivity index (χ4v) is 13.5. The van der Waals surface area contributed by atoms with Crippen LogP contribution in [0.4, 0.5) is 6.01 Å². The van der Waals surface area contributed by atoms with Gasteiger partial charge in [0, 0.05) is 46.0 Å². The van der Waals surface area contributed by atoms with Crippen molar-refractivity contribution in [3.63, 3.8) is 0 Å². The van der Waals surface area contributed by atoms with E-state index in [2.05, 4.69) is 46.6 Å². The first-order chi connectivity index (χ1) is 51.9. The van der Waals surface area contributed by atoms with E-state index in [9.17, 15) is 83.8 Å². The van der Waals surface area contributed by atoms with Crippen LogP contribution in [0.25, 0.3) is 11.1 Å². The lowest BCUT2D eigenvalue weighted by molar-refractivity contribution is -0.333. The number of rotatable bonds is 15. The Morgan fingerprint density at radius 1 is 0.764 bits per heavy atom. The summed E-state index contributed by atoms with van der Waals surface area (Å²) in [5.41, 5.74) is 8.00. The van der Waals surface area contributed by atoms with Gasteiger partial charge in [-0.3, -0.25) is 42.5 Å². The number of primary amides is 1. The van der Waals surface area contributed by atoms with E-state index in [0.717, 1.165) is 66.7 Å². The number of carboxylic acids is 1. The summed E-state index contributed by atoms with van der Waals surface area (Å²) in [5.74, 6) is -16.0. The van der Waals surface area contributed by atoms with E-state index in [1.165, 1.54) is 45.5 Å². The summed E-state index contributed by atoms with van der Waals surface area (Å²) in [6.45, 7) is 5.66. The molecule has 8 heterocycles. The van der Waals surface area contributed by atoms with Crippen molar-refractivity contribution >= 4 is 87.8 Å². The van der Waals surface area contributed by atoms with Crippen molar-refractivity contribution in [2.45, 2.75) is 156 Å². The number of carbonyl (C=O) groups excluding carboxylic acids is 7. The molecule has 7 amide bonds. The van der Waals surface area contributed by atoms with Crippen LogP contribution in [0.15, 0.2) is 95.7 Å². The van der Waals surface area contributed by atoms with Gasteiger partial charge in [0.25, 0.3) is 0 Å². The largest absolute Gasteiger partial charge is 0.755 e. The Labute approximate surface area is 636 Å². The molecule has 1 unspecified atom stereocenters. The number of carbonyl (C=O) groups is 8. The standard InChI is InChI=1S/C66H75Cl2N9O24.C3H4N2O3S/c1-23(2)12-34(71-5)58(88)76-49-51(83)26-7-10-38(32(67)14-26)97-40-16-28-17-41(55(40)101-65-56(54(86)53(85)42(22-78)99-65)100-44-21-66(4,70)57(87)24(3)96-44)98-39-11-8-27(15-33(39)68)52(84)50-63(93)75-48(64(94)95)31-18-29(79)19-37(81)45(31)30-13-25(6-9-36(30)80)46(60(90)77-50)74-61(91)47(28)73-59(89)35(20-43(69)82)72-62(49)92;6-9(7)5-3-4-1-2-8-3/h6-11,13-19,23-24,34-35,42,44,46-54,56-57,65,71,78-81,83-87H,12,20-22,70H2,1-5H3,(H2,69,82)(H,72,92)(H,73,89)(H,74,91)(H,75,93)(H,76,88)(H,77,90)(H,94,95);1-2H,(H,4,5)(H,6,7)/p-1/t24-,34+,35-,42+,44-,46+,47+,48-,49+,50-,51+,52+,53+,54-,56+,57+,65-,66-;/m0./s1. The monoisotopic (exact) mass is 1590 g/mol. The minimum atomic E-state index is -2.35. The zero-order chi connectivity index (χ0) is 80.2. The Hall–Kier alpha value is -10.1. The molecule has 7 aliphatic heterocycles. The molecule has 13 rings (SSSR count). The second-order valence-electron chi connectivity index (χ2n) is 26.9. The van der Waals surface area contributed by atoms with Crippen molar-refractivity contribution in [3.05, 3.63) is 129 Å². The van der Waals surface area contributed by atoms with Crippen molar-refractivity contribution in [2.75, 3.05) is 18.4 Å². The molecule has 11 bridgehead atoms. The number of oxazole rings is 1. The number of anilines is 1. The molecule has 0 spiro atoms. The van der Waals surface area contributed by atoms with Gasteiger partial charge in [0.2, 0.25) is 53.4 Å². The molecule has 592 valence electrons. The third-order valence-electron chi connectivity index (χ3n) is 18.4. The van der Waals surface area contributed by atoms with Gasteiger partial charge in [-0.25, -0.2) is 9.78 Å². The number of aliphatic hydroxyl groups excluding tert-OH is 6. The summed E-state index contributed by atoms with van der Waals surface area (Å²) < 4.78 is 64.5. The number of likely N-dealkylation sites (N-methyl/N-ethyl adjacent to an activating group) is 1. The molecule has 6 aromatic rings. The smallest absolute Gasteiger partial charge is 0.330 e. The van der Waals surface area contributed by atoms with Gasteiger partial charge in [0.05, 0.1) is 47.5 Å². The number of aliphatic hydroxyl groups is 6. The summed E-state index contributed by atoms with van der Waals surface area (Å²) in [7, 11) is 1.47. The highest BCUT2D eigenvalue weighted by Crippen LogP contribution is 2.50. The van der Waals surface area contributed by atoms with Gasteiger partial charge in [0.15, 0.2) is 29.9 Å². The molecular formula is C69H78Cl2N11O27S-. The van der Waals surface area contributed by atoms with Crippen LogP contribution in [-0.2, 0) is 63.8 Å². The topological polar surface area (TPSA) is 609 Å². The van der Waals surface area contributed by atoms with Crippen molar-refractivity contribution in [3.8, 4) is 57.1 Å². The van der Waals surface area contributed by atoms with Gasteiger partial charge < -0.3 is 137 Å². The normalized spacial score (nSPS) is 28.1. The van der Waals surface area contributed by atoms with Crippen LogP contribution in [0.5, 0.6) is 46.0 Å². The molecule has 2 fully saturated rings. The summed E-state index contributed by atoms with van der Waals surface area (Å²) in [4.78, 5) is 120. The lowest BCUT2D eigenvalue weighted by Crippen LogP contribution is -2.64. The van der Waals surface area contributed by atoms with E-state index in [1.807, 2.05) is 18.6 Å². The number of halogens is 2. The lowest BCUT2D eigenvalue weighted by atomic mass is 9.86. The number of aromatic hydroxyl groups is 3. The number of fused-ring (bicyclic) bond motifs is 15. The predicted molar refractivity (Wildman–Crippen MR) is 378 cm³/mol. The molecule has 0 radical (unpaired) electrons. The van der Waals surface area contributed by atoms with Crippen LogP contribution in [0.3, 0.4) is 0 Å². The van der Waals surface area contributed by atoms with Crippen molar-refractivity contribution in [2.24, 2.45) is 17.4 Å². The van der Waals surface area contributed by atoms with Crippen molar-refractivity contribution in [1.29, 1.82) is 0 Å². The quantitative estimate of drug-likeness (QED) is 0.0601. The first-order valence-corrected chi connectivity index (χ1v) is 35.5. The number of hydrogen-bond acceptors (Lipinski definition) is 29. The molecule has 5 aromatic carbocycles. The average Bonchev–Trinajstić information content (AvgIpc) is 0.812. The fraction of sp³-hybridized carbons (Fsp3) is 0.406. The Kier molecular flexibility index (Phi) is 25.8. The number of benzene rings is 5. The summed E-state index contributed by atoms with van der Waals surface area (Å²) in [6.07, 6.45) is -15.9. The maximum atomic E-state index is 16.0. The zero-order valence-electron chi connectivity index (χ0n) is 58.6. The fourth-order valence-electron chi connectivity index (χ4n) is 12.8. The molecule has 110 heavy (non-hydrogen) atoms. The van der Waals surface area contributed by atoms with Crippen molar-refractivity contribution in [1.82, 2.24) is 42.2 Å². The van der Waals surface area contributed by atoms with Crippen LogP contribution in [0.2, 0.25) is 10.0 Å². The van der Waals surface area contributed by atoms with Gasteiger partial charge >= 0.3 is 12.0 Å². The molecule has 0 saturated carbocycles. The van der Waals surface area contributed by atoms with Crippen LogP contribution in [0.1, 0.15) is 105 Å². The number of ether oxygens (including phenoxy) is 6. The highest BCUT2D eigenvalue weighted by atomic mass is 35.5. The second kappa shape index (κ2) is 34.5. The van der Waals surface area contributed by atoms with Crippen LogP contribution in [0, 0.1) is 5.92 Å². The highest BCUT2D eigenvalue weighted by Gasteiger charge is 2.52. The number of hydrogen-bond donors (Lipinski definition) is 20. The molecule has 7 aliphatic rings. The number of amides is 7. The Morgan fingerprint density at radius 3 is 1.95 bits per heavy atom. The third kappa shape index (κ3) is 18.5. The minimum Gasteiger partial charge on any atom is -0.755 e. The highest BCUT2D eigenvalue weighted by molar-refractivity contribution is 7.80. The first kappa shape index (κ1) is 82.4. The van der Waals surface area contributed by atoms with Crippen LogP contribution >= 0.6 is 23.2 Å². The summed E-state index contributed by atoms with van der Waals surface area (Å²) >= 11 is 11.8. The molecule has 2 saturated heterocycles. The zero-order valence-corrected chi connectivity index (χ0v) is 60.9.